The highest BCUT2D eigenvalue weighted by Gasteiger charge is 2.35. The number of benzene rings is 1. The summed E-state index contributed by atoms with van der Waals surface area (Å²) in [5.41, 5.74) is 2.56. The number of nitrogens with one attached hydrogen (secondary N) is 1. The van der Waals surface area contributed by atoms with Crippen molar-refractivity contribution in [2.45, 2.75) is 26.3 Å². The molecule has 1 fully saturated rings. The summed E-state index contributed by atoms with van der Waals surface area (Å²) in [4.78, 5) is 38.5. The molecule has 0 aliphatic carbocycles. The Morgan fingerprint density at radius 1 is 1.28 bits per heavy atom. The highest BCUT2D eigenvalue weighted by atomic mass is 35.5. The first-order chi connectivity index (χ1) is 15.4. The quantitative estimate of drug-likeness (QED) is 0.453. The summed E-state index contributed by atoms with van der Waals surface area (Å²) >= 11 is 9.12. The zero-order chi connectivity index (χ0) is 22.4. The van der Waals surface area contributed by atoms with E-state index < -0.39 is 0 Å². The van der Waals surface area contributed by atoms with Crippen LogP contribution in [0.3, 0.4) is 0 Å². The van der Waals surface area contributed by atoms with Gasteiger partial charge >= 0.3 is 0 Å². The smallest absolute Gasteiger partial charge is 0.274 e. The van der Waals surface area contributed by atoms with Gasteiger partial charge in [-0.2, -0.15) is 0 Å². The van der Waals surface area contributed by atoms with E-state index in [1.54, 1.807) is 15.4 Å². The van der Waals surface area contributed by atoms with E-state index in [1.165, 1.54) is 22.7 Å². The monoisotopic (exact) mass is 485 g/mol. The van der Waals surface area contributed by atoms with Crippen LogP contribution in [0.1, 0.15) is 38.1 Å². The van der Waals surface area contributed by atoms with Gasteiger partial charge < -0.3 is 10.2 Å². The maximum atomic E-state index is 13.3. The molecule has 1 N–H and O–H groups in total. The van der Waals surface area contributed by atoms with Crippen molar-refractivity contribution in [3.8, 4) is 10.4 Å². The molecular weight excluding hydrogens is 466 g/mol. The van der Waals surface area contributed by atoms with Gasteiger partial charge in [-0.3, -0.25) is 14.0 Å². The van der Waals surface area contributed by atoms with Gasteiger partial charge in [0.15, 0.2) is 4.96 Å². The van der Waals surface area contributed by atoms with Crippen molar-refractivity contribution in [3.63, 3.8) is 0 Å². The molecule has 0 spiro atoms. The van der Waals surface area contributed by atoms with Gasteiger partial charge in [-0.1, -0.05) is 23.7 Å². The van der Waals surface area contributed by atoms with Crippen LogP contribution in [0.2, 0.25) is 5.02 Å². The van der Waals surface area contributed by atoms with E-state index >= 15 is 0 Å². The van der Waals surface area contributed by atoms with Crippen LogP contribution in [0.15, 0.2) is 35.8 Å². The standard InChI is InChI=1S/C22H20ClN5O2S2/c1-12-18(28-8-9-31-22(28)25-12)20(29)24-11-16-6-7-27(16)21(30)17-19(32-13(2)26-17)14-4-3-5-15(23)10-14/h3-5,8-10,16H,6-7,11H2,1-2H3,(H,24,29)/t16-/m0/s1. The molecule has 32 heavy (non-hydrogen) atoms. The van der Waals surface area contributed by atoms with Crippen molar-refractivity contribution in [2.75, 3.05) is 13.1 Å². The summed E-state index contributed by atoms with van der Waals surface area (Å²) in [6, 6.07) is 7.39. The van der Waals surface area contributed by atoms with E-state index in [0.29, 0.717) is 35.2 Å². The number of likely N-dealkylation sites (tertiary alicyclic amines) is 1. The van der Waals surface area contributed by atoms with Crippen molar-refractivity contribution in [1.82, 2.24) is 24.6 Å². The van der Waals surface area contributed by atoms with E-state index in [2.05, 4.69) is 15.3 Å². The SMILES string of the molecule is Cc1nc(C(=O)N2CC[C@H]2CNC(=O)c2c(C)nc3sccn23)c(-c2cccc(Cl)c2)s1. The first-order valence-electron chi connectivity index (χ1n) is 10.2. The molecule has 4 aromatic rings. The highest BCUT2D eigenvalue weighted by molar-refractivity contribution is 7.15. The molecule has 1 atom stereocenters. The minimum absolute atomic E-state index is 0.0631. The van der Waals surface area contributed by atoms with Gasteiger partial charge in [-0.05, 0) is 38.0 Å². The van der Waals surface area contributed by atoms with Gasteiger partial charge in [-0.25, -0.2) is 9.97 Å². The molecule has 10 heteroatoms. The number of hydrogen-bond donors (Lipinski definition) is 1. The van der Waals surface area contributed by atoms with Gasteiger partial charge in [0, 0.05) is 29.7 Å². The number of hydrogen-bond acceptors (Lipinski definition) is 6. The summed E-state index contributed by atoms with van der Waals surface area (Å²) in [6.45, 7) is 4.75. The number of rotatable bonds is 5. The number of nitrogens with zero attached hydrogens (tertiary/aromatic N) is 4. The molecule has 3 aromatic heterocycles. The molecule has 2 amide bonds. The third kappa shape index (κ3) is 3.70. The molecule has 1 aromatic carbocycles. The molecule has 7 nitrogen and oxygen atoms in total. The molecule has 1 aliphatic rings. The number of fused-ring (bicyclic) bond motifs is 1. The maximum Gasteiger partial charge on any atom is 0.274 e. The number of carbonyl (C=O) groups is 2. The summed E-state index contributed by atoms with van der Waals surface area (Å²) < 4.78 is 1.80. The lowest BCUT2D eigenvalue weighted by Crippen LogP contribution is -2.56. The first-order valence-corrected chi connectivity index (χ1v) is 12.2. The average molecular weight is 486 g/mol. The van der Waals surface area contributed by atoms with Gasteiger partial charge in [0.05, 0.1) is 21.6 Å². The van der Waals surface area contributed by atoms with Crippen molar-refractivity contribution in [3.05, 3.63) is 63.0 Å². The Kier molecular flexibility index (Phi) is 5.48. The molecule has 0 bridgehead atoms. The fourth-order valence-electron chi connectivity index (χ4n) is 3.92. The number of carbonyl (C=O) groups excluding carboxylic acids is 2. The molecule has 0 radical (unpaired) electrons. The van der Waals surface area contributed by atoms with Gasteiger partial charge in [0.2, 0.25) is 0 Å². The van der Waals surface area contributed by atoms with Crippen molar-refractivity contribution in [2.24, 2.45) is 0 Å². The molecule has 1 saturated heterocycles. The number of aryl methyl sites for hydroxylation is 2. The molecular formula is C22H20ClN5O2S2. The minimum atomic E-state index is -0.184. The van der Waals surface area contributed by atoms with E-state index in [4.69, 9.17) is 11.6 Å². The van der Waals surface area contributed by atoms with Crippen molar-refractivity contribution in [1.29, 1.82) is 0 Å². The van der Waals surface area contributed by atoms with Crippen LogP contribution in [0.25, 0.3) is 15.4 Å². The summed E-state index contributed by atoms with van der Waals surface area (Å²) in [7, 11) is 0. The van der Waals surface area contributed by atoms with Crippen LogP contribution in [0.4, 0.5) is 0 Å². The molecule has 0 saturated carbocycles. The van der Waals surface area contributed by atoms with E-state index in [1.807, 2.05) is 43.6 Å². The van der Waals surface area contributed by atoms with Crippen LogP contribution in [0, 0.1) is 13.8 Å². The lowest BCUT2D eigenvalue weighted by atomic mass is 10.0. The predicted octanol–water partition coefficient (Wildman–Crippen LogP) is 4.43. The Labute approximate surface area is 197 Å². The van der Waals surface area contributed by atoms with E-state index in [-0.39, 0.29) is 17.9 Å². The number of thiazole rings is 2. The van der Waals surface area contributed by atoms with Gasteiger partial charge in [-0.15, -0.1) is 22.7 Å². The second kappa shape index (κ2) is 8.31. The predicted molar refractivity (Wildman–Crippen MR) is 127 cm³/mol. The van der Waals surface area contributed by atoms with Crippen LogP contribution in [0.5, 0.6) is 0 Å². The number of imidazole rings is 1. The Morgan fingerprint density at radius 2 is 2.12 bits per heavy atom. The Morgan fingerprint density at radius 3 is 2.88 bits per heavy atom. The van der Waals surface area contributed by atoms with Crippen molar-refractivity contribution >= 4 is 51.0 Å². The number of amides is 2. The summed E-state index contributed by atoms with van der Waals surface area (Å²) in [6.07, 6.45) is 2.68. The molecule has 1 aliphatic heterocycles. The zero-order valence-corrected chi connectivity index (χ0v) is 19.9. The number of halogens is 1. The lowest BCUT2D eigenvalue weighted by Gasteiger charge is -2.40. The Bertz CT molecular complexity index is 1340. The fourth-order valence-corrected chi connectivity index (χ4v) is 5.77. The topological polar surface area (TPSA) is 79.6 Å². The third-order valence-corrected chi connectivity index (χ3v) is 7.59. The fraction of sp³-hybridized carbons (Fsp3) is 0.273. The van der Waals surface area contributed by atoms with Crippen LogP contribution < -0.4 is 5.32 Å². The molecule has 4 heterocycles. The largest absolute Gasteiger partial charge is 0.349 e. The second-order valence-electron chi connectivity index (χ2n) is 7.67. The van der Waals surface area contributed by atoms with Gasteiger partial charge in [0.25, 0.3) is 11.8 Å². The van der Waals surface area contributed by atoms with E-state index in [0.717, 1.165) is 26.8 Å². The van der Waals surface area contributed by atoms with Crippen molar-refractivity contribution < 1.29 is 9.59 Å². The maximum absolute atomic E-state index is 13.3. The molecule has 164 valence electrons. The Hall–Kier alpha value is -2.75. The molecule has 0 unspecified atom stereocenters. The van der Waals surface area contributed by atoms with Gasteiger partial charge in [0.1, 0.15) is 11.4 Å². The lowest BCUT2D eigenvalue weighted by molar-refractivity contribution is 0.0451. The Balaban J connectivity index is 1.31. The minimum Gasteiger partial charge on any atom is -0.349 e. The normalized spacial score (nSPS) is 15.7. The first kappa shape index (κ1) is 21.1. The zero-order valence-electron chi connectivity index (χ0n) is 17.5. The van der Waals surface area contributed by atoms with E-state index in [9.17, 15) is 9.59 Å². The number of aromatic nitrogens is 3. The average Bonchev–Trinajstić information content (AvgIpc) is 3.41. The van der Waals surface area contributed by atoms with Crippen LogP contribution >= 0.6 is 34.3 Å². The highest BCUT2D eigenvalue weighted by Crippen LogP contribution is 2.34. The third-order valence-electron chi connectivity index (χ3n) is 5.58. The summed E-state index contributed by atoms with van der Waals surface area (Å²) in [5.74, 6) is -0.299. The second-order valence-corrected chi connectivity index (χ2v) is 10.2. The molecule has 5 rings (SSSR count). The van der Waals surface area contributed by atoms with Crippen LogP contribution in [-0.4, -0.2) is 50.2 Å². The van der Waals surface area contributed by atoms with Crippen LogP contribution in [-0.2, 0) is 0 Å². The summed E-state index contributed by atoms with van der Waals surface area (Å²) in [5, 5.41) is 6.32.